The predicted molar refractivity (Wildman–Crippen MR) is 114 cm³/mol. The zero-order valence-corrected chi connectivity index (χ0v) is 17.0. The fraction of sp³-hybridized carbons (Fsp3) is 0.381. The van der Waals surface area contributed by atoms with Crippen molar-refractivity contribution in [3.63, 3.8) is 0 Å². The number of nitrogens with two attached hydrogens (primary N) is 1. The summed E-state index contributed by atoms with van der Waals surface area (Å²) in [6.45, 7) is 1.93. The molecule has 1 aromatic heterocycles. The molecule has 4 rings (SSSR count). The van der Waals surface area contributed by atoms with Crippen molar-refractivity contribution in [3.8, 4) is 0 Å². The summed E-state index contributed by atoms with van der Waals surface area (Å²) in [6, 6.07) is 14.9. The Bertz CT molecular complexity index is 1020. The van der Waals surface area contributed by atoms with E-state index in [1.54, 1.807) is 0 Å². The average Bonchev–Trinajstić information content (AvgIpc) is 3.23. The van der Waals surface area contributed by atoms with E-state index in [4.69, 9.17) is 5.73 Å². The van der Waals surface area contributed by atoms with Crippen molar-refractivity contribution in [3.05, 3.63) is 42.5 Å². The Morgan fingerprint density at radius 1 is 1.11 bits per heavy atom. The molecular weight excluding hydrogens is 350 g/mol. The lowest BCUT2D eigenvalue weighted by atomic mass is 10.2. The van der Waals surface area contributed by atoms with E-state index in [0.717, 1.165) is 47.9 Å². The van der Waals surface area contributed by atoms with Crippen LogP contribution in [0.25, 0.3) is 11.0 Å². The summed E-state index contributed by atoms with van der Waals surface area (Å²) in [4.78, 5) is 4.42. The van der Waals surface area contributed by atoms with Crippen LogP contribution in [0.2, 0.25) is 0 Å². The van der Waals surface area contributed by atoms with Gasteiger partial charge >= 0.3 is 5.95 Å². The van der Waals surface area contributed by atoms with Gasteiger partial charge in [-0.05, 0) is 42.8 Å². The van der Waals surface area contributed by atoms with E-state index in [0.29, 0.717) is 0 Å². The molecule has 28 heavy (non-hydrogen) atoms. The van der Waals surface area contributed by atoms with Gasteiger partial charge in [0, 0.05) is 55.8 Å². The van der Waals surface area contributed by atoms with Gasteiger partial charge in [-0.3, -0.25) is 0 Å². The third kappa shape index (κ3) is 3.33. The van der Waals surface area contributed by atoms with E-state index >= 15 is 0 Å². The number of aryl methyl sites for hydroxylation is 2. The number of aromatic nitrogens is 2. The highest BCUT2D eigenvalue weighted by molar-refractivity contribution is 5.78. The molecule has 1 atom stereocenters. The van der Waals surface area contributed by atoms with Gasteiger partial charge in [0.2, 0.25) is 0 Å². The monoisotopic (exact) mass is 378 g/mol. The molecule has 0 bridgehead atoms. The van der Waals surface area contributed by atoms with Crippen molar-refractivity contribution in [1.82, 2.24) is 4.57 Å². The summed E-state index contributed by atoms with van der Waals surface area (Å²) in [5, 5.41) is 8.99. The molecule has 2 heterocycles. The SMILES string of the molecule is CN(C)c1ccc2c(c1)n(C)c(N=Nc1ccc(N3CCC(N)C3)cc1)[n+]2C. The lowest BCUT2D eigenvalue weighted by Gasteiger charge is -2.17. The molecule has 1 aliphatic rings. The van der Waals surface area contributed by atoms with Gasteiger partial charge in [-0.1, -0.05) is 5.11 Å². The normalized spacial score (nSPS) is 17.2. The van der Waals surface area contributed by atoms with Gasteiger partial charge in [0.1, 0.15) is 16.7 Å². The first kappa shape index (κ1) is 18.4. The van der Waals surface area contributed by atoms with E-state index < -0.39 is 0 Å². The number of nitrogens with zero attached hydrogens (tertiary/aromatic N) is 6. The van der Waals surface area contributed by atoms with Gasteiger partial charge < -0.3 is 15.5 Å². The molecule has 3 aromatic rings. The van der Waals surface area contributed by atoms with Gasteiger partial charge in [0.05, 0.1) is 14.1 Å². The molecular formula is C21H28N7+. The van der Waals surface area contributed by atoms with Gasteiger partial charge in [-0.15, -0.1) is 0 Å². The van der Waals surface area contributed by atoms with Gasteiger partial charge in [0.15, 0.2) is 0 Å². The van der Waals surface area contributed by atoms with Crippen LogP contribution in [0.5, 0.6) is 0 Å². The van der Waals surface area contributed by atoms with Crippen LogP contribution < -0.4 is 20.1 Å². The van der Waals surface area contributed by atoms with Crippen LogP contribution in [0.4, 0.5) is 23.0 Å². The number of hydrogen-bond donors (Lipinski definition) is 1. The number of benzene rings is 2. The Labute approximate surface area is 165 Å². The lowest BCUT2D eigenvalue weighted by molar-refractivity contribution is -0.632. The lowest BCUT2D eigenvalue weighted by Crippen LogP contribution is -2.26. The molecule has 0 aliphatic carbocycles. The molecule has 1 unspecified atom stereocenters. The molecule has 2 N–H and O–H groups in total. The first-order valence-electron chi connectivity index (χ1n) is 9.62. The van der Waals surface area contributed by atoms with Crippen LogP contribution in [-0.2, 0) is 14.1 Å². The summed E-state index contributed by atoms with van der Waals surface area (Å²) in [7, 11) is 8.13. The summed E-state index contributed by atoms with van der Waals surface area (Å²) in [5.41, 5.74) is 11.5. The highest BCUT2D eigenvalue weighted by atomic mass is 15.3. The first-order chi connectivity index (χ1) is 13.4. The first-order valence-corrected chi connectivity index (χ1v) is 9.62. The fourth-order valence-electron chi connectivity index (χ4n) is 3.77. The van der Waals surface area contributed by atoms with Crippen LogP contribution in [0.1, 0.15) is 6.42 Å². The summed E-state index contributed by atoms with van der Waals surface area (Å²) in [6.07, 6.45) is 1.05. The minimum atomic E-state index is 0.277. The number of anilines is 2. The predicted octanol–water partition coefficient (Wildman–Crippen LogP) is 3.02. The smallest absolute Gasteiger partial charge is 0.378 e. The Balaban J connectivity index is 1.60. The highest BCUT2D eigenvalue weighted by Gasteiger charge is 2.21. The maximum atomic E-state index is 6.01. The van der Waals surface area contributed by atoms with Crippen molar-refractivity contribution >= 4 is 34.0 Å². The number of fused-ring (bicyclic) bond motifs is 1. The molecule has 7 nitrogen and oxygen atoms in total. The number of imidazole rings is 1. The van der Waals surface area contributed by atoms with E-state index in [2.05, 4.69) is 59.5 Å². The second-order valence-electron chi connectivity index (χ2n) is 7.70. The van der Waals surface area contributed by atoms with Crippen molar-refractivity contribution in [2.45, 2.75) is 12.5 Å². The molecule has 0 spiro atoms. The molecule has 1 saturated heterocycles. The summed E-state index contributed by atoms with van der Waals surface area (Å²) in [5.74, 6) is 0.806. The average molecular weight is 379 g/mol. The van der Waals surface area contributed by atoms with Crippen LogP contribution in [0.15, 0.2) is 52.7 Å². The molecule has 0 saturated carbocycles. The molecule has 1 fully saturated rings. The minimum Gasteiger partial charge on any atom is -0.378 e. The minimum absolute atomic E-state index is 0.277. The fourth-order valence-corrected chi connectivity index (χ4v) is 3.77. The number of azo groups is 1. The summed E-state index contributed by atoms with van der Waals surface area (Å²) < 4.78 is 4.14. The van der Waals surface area contributed by atoms with Crippen LogP contribution in [-0.4, -0.2) is 37.8 Å². The molecule has 146 valence electrons. The van der Waals surface area contributed by atoms with Crippen LogP contribution in [0, 0.1) is 0 Å². The molecule has 1 aliphatic heterocycles. The largest absolute Gasteiger partial charge is 0.422 e. The molecule has 0 radical (unpaired) electrons. The Morgan fingerprint density at radius 3 is 2.50 bits per heavy atom. The standard InChI is InChI=1S/C21H28N7/c1-25(2)18-9-10-19-20(13-18)27(4)21(26(19)3)24-23-16-5-7-17(8-6-16)28-12-11-15(22)14-28/h5-10,13,15H,11-12,14,22H2,1-4H3/q+1. The Hall–Kier alpha value is -2.93. The molecule has 7 heteroatoms. The van der Waals surface area contributed by atoms with E-state index in [9.17, 15) is 0 Å². The third-order valence-corrected chi connectivity index (χ3v) is 5.49. The Kier molecular flexibility index (Phi) is 4.77. The van der Waals surface area contributed by atoms with Crippen molar-refractivity contribution in [2.75, 3.05) is 37.0 Å². The quantitative estimate of drug-likeness (QED) is 0.561. The zero-order chi connectivity index (χ0) is 19.8. The van der Waals surface area contributed by atoms with Crippen LogP contribution >= 0.6 is 0 Å². The van der Waals surface area contributed by atoms with Crippen molar-refractivity contribution < 1.29 is 4.57 Å². The number of rotatable bonds is 4. The van der Waals surface area contributed by atoms with Gasteiger partial charge in [-0.25, -0.2) is 9.13 Å². The third-order valence-electron chi connectivity index (χ3n) is 5.49. The van der Waals surface area contributed by atoms with Crippen molar-refractivity contribution in [1.29, 1.82) is 0 Å². The van der Waals surface area contributed by atoms with Crippen molar-refractivity contribution in [2.24, 2.45) is 30.1 Å². The van der Waals surface area contributed by atoms with Crippen LogP contribution in [0.3, 0.4) is 0 Å². The second kappa shape index (κ2) is 7.24. The second-order valence-corrected chi connectivity index (χ2v) is 7.70. The highest BCUT2D eigenvalue weighted by Crippen LogP contribution is 2.26. The maximum absolute atomic E-state index is 6.01. The maximum Gasteiger partial charge on any atom is 0.422 e. The summed E-state index contributed by atoms with van der Waals surface area (Å²) >= 11 is 0. The zero-order valence-electron chi connectivity index (χ0n) is 17.0. The van der Waals surface area contributed by atoms with E-state index in [-0.39, 0.29) is 6.04 Å². The molecule has 0 amide bonds. The van der Waals surface area contributed by atoms with E-state index in [1.807, 2.05) is 40.3 Å². The van der Waals surface area contributed by atoms with E-state index in [1.165, 1.54) is 5.69 Å². The van der Waals surface area contributed by atoms with Gasteiger partial charge in [-0.2, -0.15) is 0 Å². The topological polar surface area (TPSA) is 66.0 Å². The Morgan fingerprint density at radius 2 is 1.86 bits per heavy atom. The molecule has 2 aromatic carbocycles. The number of hydrogen-bond acceptors (Lipinski definition) is 5. The van der Waals surface area contributed by atoms with Gasteiger partial charge in [0.25, 0.3) is 0 Å².